The normalized spacial score (nSPS) is 12.9. The molecule has 0 unspecified atom stereocenters. The summed E-state index contributed by atoms with van der Waals surface area (Å²) in [5.74, 6) is 0.595. The highest BCUT2D eigenvalue weighted by Crippen LogP contribution is 2.27. The van der Waals surface area contributed by atoms with Crippen molar-refractivity contribution >= 4 is 45.1 Å². The highest BCUT2D eigenvalue weighted by Gasteiger charge is 2.15. The van der Waals surface area contributed by atoms with Crippen LogP contribution < -0.4 is 20.8 Å². The quantitative estimate of drug-likeness (QED) is 0.335. The molecule has 2 heterocycles. The van der Waals surface area contributed by atoms with E-state index in [1.807, 2.05) is 24.3 Å². The lowest BCUT2D eigenvalue weighted by molar-refractivity contribution is -0.117. The van der Waals surface area contributed by atoms with Crippen molar-refractivity contribution in [3.63, 3.8) is 0 Å². The summed E-state index contributed by atoms with van der Waals surface area (Å²) in [5, 5.41) is 6.62. The van der Waals surface area contributed by atoms with E-state index >= 15 is 0 Å². The van der Waals surface area contributed by atoms with Gasteiger partial charge in [0.1, 0.15) is 16.9 Å². The number of nitrogens with one attached hydrogen (secondary N) is 2. The van der Waals surface area contributed by atoms with E-state index in [9.17, 15) is 14.4 Å². The van der Waals surface area contributed by atoms with E-state index in [0.717, 1.165) is 17.0 Å². The van der Waals surface area contributed by atoms with Gasteiger partial charge >= 0.3 is 0 Å². The van der Waals surface area contributed by atoms with Crippen molar-refractivity contribution in [2.24, 2.45) is 0 Å². The maximum absolute atomic E-state index is 12.8. The molecule has 1 aliphatic heterocycles. The third-order valence-corrected chi connectivity index (χ3v) is 5.65. The van der Waals surface area contributed by atoms with Crippen LogP contribution in [-0.2, 0) is 16.0 Å². The van der Waals surface area contributed by atoms with Gasteiger partial charge in [0.05, 0.1) is 17.4 Å². The minimum atomic E-state index is -0.156. The molecule has 5 rings (SSSR count). The molecule has 0 bridgehead atoms. The number of anilines is 2. The van der Waals surface area contributed by atoms with Crippen molar-refractivity contribution in [3.05, 3.63) is 76.5 Å². The molecule has 166 valence electrons. The number of carbonyl (C=O) groups is 2. The molecule has 2 amide bonds. The molecule has 7 heteroatoms. The fourth-order valence-electron chi connectivity index (χ4n) is 3.98. The van der Waals surface area contributed by atoms with E-state index in [2.05, 4.69) is 10.6 Å². The van der Waals surface area contributed by atoms with Crippen LogP contribution in [0.1, 0.15) is 24.8 Å². The van der Waals surface area contributed by atoms with Gasteiger partial charge in [-0.05, 0) is 66.9 Å². The number of ether oxygens (including phenoxy) is 1. The van der Waals surface area contributed by atoms with Crippen molar-refractivity contribution in [2.75, 3.05) is 17.2 Å². The van der Waals surface area contributed by atoms with Crippen LogP contribution in [-0.4, -0.2) is 18.4 Å². The molecular formula is C26H22N2O5. The fourth-order valence-corrected chi connectivity index (χ4v) is 3.98. The fraction of sp³-hybridized carbons (Fsp3) is 0.192. The van der Waals surface area contributed by atoms with Crippen LogP contribution in [0.3, 0.4) is 0 Å². The van der Waals surface area contributed by atoms with Gasteiger partial charge in [0, 0.05) is 24.2 Å². The highest BCUT2D eigenvalue weighted by molar-refractivity contribution is 5.96. The minimum absolute atomic E-state index is 0.0304. The van der Waals surface area contributed by atoms with Gasteiger partial charge in [-0.1, -0.05) is 12.1 Å². The lowest BCUT2D eigenvalue weighted by atomic mass is 10.0. The summed E-state index contributed by atoms with van der Waals surface area (Å²) in [6.07, 6.45) is 2.00. The average Bonchev–Trinajstić information content (AvgIpc) is 2.82. The number of hydrogen-bond acceptors (Lipinski definition) is 5. The highest BCUT2D eigenvalue weighted by atomic mass is 16.5. The van der Waals surface area contributed by atoms with Gasteiger partial charge in [-0.2, -0.15) is 0 Å². The Morgan fingerprint density at radius 3 is 2.73 bits per heavy atom. The average molecular weight is 442 g/mol. The van der Waals surface area contributed by atoms with Crippen LogP contribution in [0.25, 0.3) is 21.9 Å². The Hall–Kier alpha value is -4.13. The number of carbonyl (C=O) groups excluding carboxylic acids is 2. The predicted molar refractivity (Wildman–Crippen MR) is 127 cm³/mol. The van der Waals surface area contributed by atoms with Crippen molar-refractivity contribution < 1.29 is 18.7 Å². The minimum Gasteiger partial charge on any atom is -0.494 e. The number of amides is 2. The molecule has 1 aliphatic rings. The second kappa shape index (κ2) is 8.78. The summed E-state index contributed by atoms with van der Waals surface area (Å²) < 4.78 is 11.6. The standard InChI is InChI=1S/C26H22N2O5/c29-24(6-3-13-32-18-9-10-21-16(14-18)7-12-25(30)28-21)27-17-8-11-23-20(15-17)26(31)19-4-1-2-5-22(19)33-23/h1-2,4-5,8-11,14-15H,3,6-7,12-13H2,(H,27,29)(H,28,30). The Morgan fingerprint density at radius 1 is 0.970 bits per heavy atom. The molecule has 0 radical (unpaired) electrons. The Kier molecular flexibility index (Phi) is 5.52. The van der Waals surface area contributed by atoms with Gasteiger partial charge in [-0.3, -0.25) is 14.4 Å². The molecule has 33 heavy (non-hydrogen) atoms. The topological polar surface area (TPSA) is 97.6 Å². The summed E-state index contributed by atoms with van der Waals surface area (Å²) >= 11 is 0. The Balaban J connectivity index is 1.17. The Bertz CT molecular complexity index is 1440. The van der Waals surface area contributed by atoms with Gasteiger partial charge in [-0.25, -0.2) is 0 Å². The zero-order chi connectivity index (χ0) is 22.8. The zero-order valence-electron chi connectivity index (χ0n) is 17.9. The van der Waals surface area contributed by atoms with E-state index in [1.54, 1.807) is 36.4 Å². The zero-order valence-corrected chi connectivity index (χ0v) is 17.9. The summed E-state index contributed by atoms with van der Waals surface area (Å²) in [7, 11) is 0. The molecular weight excluding hydrogens is 420 g/mol. The molecule has 0 saturated carbocycles. The molecule has 0 saturated heterocycles. The van der Waals surface area contributed by atoms with E-state index < -0.39 is 0 Å². The van der Waals surface area contributed by atoms with Crippen LogP contribution in [0, 0.1) is 0 Å². The predicted octanol–water partition coefficient (Wildman–Crippen LogP) is 4.63. The van der Waals surface area contributed by atoms with Crippen LogP contribution >= 0.6 is 0 Å². The molecule has 1 aromatic heterocycles. The lowest BCUT2D eigenvalue weighted by Gasteiger charge is -2.17. The second-order valence-corrected chi connectivity index (χ2v) is 8.01. The van der Waals surface area contributed by atoms with Crippen molar-refractivity contribution in [1.82, 2.24) is 0 Å². The number of fused-ring (bicyclic) bond motifs is 3. The molecule has 0 spiro atoms. The van der Waals surface area contributed by atoms with Gasteiger partial charge in [0.2, 0.25) is 17.2 Å². The molecule has 0 fully saturated rings. The van der Waals surface area contributed by atoms with E-state index in [-0.39, 0.29) is 23.7 Å². The smallest absolute Gasteiger partial charge is 0.224 e. The van der Waals surface area contributed by atoms with Crippen molar-refractivity contribution in [1.29, 1.82) is 0 Å². The molecule has 7 nitrogen and oxygen atoms in total. The maximum Gasteiger partial charge on any atom is 0.224 e. The van der Waals surface area contributed by atoms with Crippen LogP contribution in [0.4, 0.5) is 11.4 Å². The Labute approximate surface area is 189 Å². The largest absolute Gasteiger partial charge is 0.494 e. The van der Waals surface area contributed by atoms with Crippen LogP contribution in [0.5, 0.6) is 5.75 Å². The molecule has 2 N–H and O–H groups in total. The van der Waals surface area contributed by atoms with Gasteiger partial charge < -0.3 is 19.8 Å². The summed E-state index contributed by atoms with van der Waals surface area (Å²) in [4.78, 5) is 36.6. The maximum atomic E-state index is 12.8. The first-order valence-electron chi connectivity index (χ1n) is 10.9. The number of rotatable bonds is 6. The van der Waals surface area contributed by atoms with Crippen LogP contribution in [0.2, 0.25) is 0 Å². The summed E-state index contributed by atoms with van der Waals surface area (Å²) in [6.45, 7) is 0.395. The van der Waals surface area contributed by atoms with Gasteiger partial charge in [0.15, 0.2) is 0 Å². The SMILES string of the molecule is O=C(CCCOc1ccc2c(c1)CCC(=O)N2)Nc1ccc2oc3ccccc3c(=O)c2c1. The first-order valence-corrected chi connectivity index (χ1v) is 10.9. The number of hydrogen-bond donors (Lipinski definition) is 2. The molecule has 0 aliphatic carbocycles. The van der Waals surface area contributed by atoms with Crippen molar-refractivity contribution in [2.45, 2.75) is 25.7 Å². The van der Waals surface area contributed by atoms with Crippen molar-refractivity contribution in [3.8, 4) is 5.75 Å². The summed E-state index contributed by atoms with van der Waals surface area (Å²) in [5.41, 5.74) is 3.33. The molecule has 0 atom stereocenters. The van der Waals surface area contributed by atoms with E-state index in [0.29, 0.717) is 53.5 Å². The Morgan fingerprint density at radius 2 is 1.82 bits per heavy atom. The first-order chi connectivity index (χ1) is 16.1. The number of para-hydroxylation sites is 1. The van der Waals surface area contributed by atoms with E-state index in [1.165, 1.54) is 0 Å². The second-order valence-electron chi connectivity index (χ2n) is 8.01. The first kappa shape index (κ1) is 20.8. The molecule has 4 aromatic rings. The van der Waals surface area contributed by atoms with Gasteiger partial charge in [0.25, 0.3) is 0 Å². The third kappa shape index (κ3) is 4.43. The van der Waals surface area contributed by atoms with E-state index in [4.69, 9.17) is 9.15 Å². The number of benzene rings is 3. The van der Waals surface area contributed by atoms with Gasteiger partial charge in [-0.15, -0.1) is 0 Å². The lowest BCUT2D eigenvalue weighted by Crippen LogP contribution is -2.18. The summed E-state index contributed by atoms with van der Waals surface area (Å²) in [6, 6.07) is 17.7. The number of aryl methyl sites for hydroxylation is 1. The monoisotopic (exact) mass is 442 g/mol. The molecule has 3 aromatic carbocycles. The third-order valence-electron chi connectivity index (χ3n) is 5.65. The van der Waals surface area contributed by atoms with Crippen LogP contribution in [0.15, 0.2) is 69.9 Å².